The van der Waals surface area contributed by atoms with E-state index in [1.165, 1.54) is 10.7 Å². The summed E-state index contributed by atoms with van der Waals surface area (Å²) in [4.78, 5) is 18.7. The van der Waals surface area contributed by atoms with Gasteiger partial charge in [0.05, 0.1) is 0 Å². The highest BCUT2D eigenvalue weighted by atomic mass is 35.5. The Bertz CT molecular complexity index is 551. The molecule has 0 fully saturated rings. The third-order valence-corrected chi connectivity index (χ3v) is 2.16. The minimum absolute atomic E-state index is 0.122. The molecule has 6 nitrogen and oxygen atoms in total. The van der Waals surface area contributed by atoms with Crippen molar-refractivity contribution in [3.05, 3.63) is 35.0 Å². The van der Waals surface area contributed by atoms with Gasteiger partial charge in [-0.3, -0.25) is 4.79 Å². The Hall–Kier alpha value is -1.95. The van der Waals surface area contributed by atoms with Crippen LogP contribution in [0, 0.1) is 6.92 Å². The van der Waals surface area contributed by atoms with Crippen LogP contribution in [0.15, 0.2) is 18.5 Å². The summed E-state index contributed by atoms with van der Waals surface area (Å²) in [5.41, 5.74) is 6.07. The van der Waals surface area contributed by atoms with Gasteiger partial charge in [-0.2, -0.15) is 10.1 Å². The van der Waals surface area contributed by atoms with Crippen molar-refractivity contribution in [2.45, 2.75) is 6.92 Å². The normalized spacial score (nSPS) is 10.4. The summed E-state index contributed by atoms with van der Waals surface area (Å²) in [7, 11) is 0. The van der Waals surface area contributed by atoms with E-state index in [0.717, 1.165) is 5.56 Å². The fourth-order valence-electron chi connectivity index (χ4n) is 1.22. The molecule has 2 rings (SSSR count). The van der Waals surface area contributed by atoms with Crippen LogP contribution < -0.4 is 5.73 Å². The van der Waals surface area contributed by atoms with Gasteiger partial charge in [-0.1, -0.05) is 0 Å². The first kappa shape index (κ1) is 10.6. The van der Waals surface area contributed by atoms with Gasteiger partial charge in [0.1, 0.15) is 5.69 Å². The van der Waals surface area contributed by atoms with Crippen LogP contribution in [0.5, 0.6) is 0 Å². The molecule has 0 radical (unpaired) electrons. The zero-order valence-electron chi connectivity index (χ0n) is 8.38. The number of nitrogens with zero attached hydrogens (tertiary/aromatic N) is 4. The number of aryl methyl sites for hydroxylation is 1. The number of carbonyl (C=O) groups excluding carboxylic acids is 1. The second kappa shape index (κ2) is 3.90. The second-order valence-corrected chi connectivity index (χ2v) is 3.49. The van der Waals surface area contributed by atoms with E-state index < -0.39 is 5.91 Å². The van der Waals surface area contributed by atoms with E-state index in [1.807, 2.05) is 6.92 Å². The number of rotatable bonds is 2. The number of nitrogens with two attached hydrogens (primary N) is 1. The van der Waals surface area contributed by atoms with Crippen LogP contribution in [-0.2, 0) is 0 Å². The lowest BCUT2D eigenvalue weighted by atomic mass is 10.3. The van der Waals surface area contributed by atoms with E-state index in [9.17, 15) is 4.79 Å². The summed E-state index contributed by atoms with van der Waals surface area (Å²) in [5, 5.41) is 4.10. The summed E-state index contributed by atoms with van der Waals surface area (Å²) in [6, 6.07) is 1.51. The van der Waals surface area contributed by atoms with Gasteiger partial charge in [-0.25, -0.2) is 9.67 Å². The van der Waals surface area contributed by atoms with Gasteiger partial charge in [-0.15, -0.1) is 0 Å². The molecule has 0 aliphatic carbocycles. The molecular formula is C9H8ClN5O. The van der Waals surface area contributed by atoms with E-state index in [0.29, 0.717) is 5.82 Å². The Labute approximate surface area is 96.1 Å². The van der Waals surface area contributed by atoms with E-state index in [-0.39, 0.29) is 11.0 Å². The Morgan fingerprint density at radius 1 is 1.56 bits per heavy atom. The Kier molecular flexibility index (Phi) is 2.57. The Morgan fingerprint density at radius 3 is 2.94 bits per heavy atom. The average Bonchev–Trinajstić information content (AvgIpc) is 2.70. The van der Waals surface area contributed by atoms with Gasteiger partial charge < -0.3 is 5.73 Å². The summed E-state index contributed by atoms with van der Waals surface area (Å²) in [5.74, 6) is -0.0657. The van der Waals surface area contributed by atoms with Gasteiger partial charge in [-0.05, 0) is 24.6 Å². The van der Waals surface area contributed by atoms with Gasteiger partial charge in [0.2, 0.25) is 5.28 Å². The molecule has 0 saturated carbocycles. The van der Waals surface area contributed by atoms with Crippen LogP contribution in [0.4, 0.5) is 0 Å². The predicted molar refractivity (Wildman–Crippen MR) is 57.4 cm³/mol. The molecule has 16 heavy (non-hydrogen) atoms. The fourth-order valence-corrected chi connectivity index (χ4v) is 1.35. The van der Waals surface area contributed by atoms with Crippen molar-refractivity contribution >= 4 is 17.5 Å². The Balaban J connectivity index is 2.50. The maximum Gasteiger partial charge on any atom is 0.269 e. The largest absolute Gasteiger partial charge is 0.364 e. The number of aromatic nitrogens is 4. The third-order valence-electron chi connectivity index (χ3n) is 1.97. The van der Waals surface area contributed by atoms with Crippen molar-refractivity contribution in [3.8, 4) is 5.82 Å². The molecule has 0 saturated heterocycles. The van der Waals surface area contributed by atoms with Crippen molar-refractivity contribution in [3.63, 3.8) is 0 Å². The first-order valence-electron chi connectivity index (χ1n) is 4.43. The van der Waals surface area contributed by atoms with Crippen LogP contribution in [0.1, 0.15) is 16.1 Å². The molecule has 7 heteroatoms. The van der Waals surface area contributed by atoms with Gasteiger partial charge >= 0.3 is 0 Å². The van der Waals surface area contributed by atoms with Gasteiger partial charge in [0, 0.05) is 18.0 Å². The summed E-state index contributed by atoms with van der Waals surface area (Å²) in [6.45, 7) is 1.82. The van der Waals surface area contributed by atoms with Crippen molar-refractivity contribution in [2.24, 2.45) is 5.73 Å². The molecule has 0 spiro atoms. The number of halogens is 1. The molecular weight excluding hydrogens is 230 g/mol. The Morgan fingerprint density at radius 2 is 2.31 bits per heavy atom. The average molecular weight is 238 g/mol. The summed E-state index contributed by atoms with van der Waals surface area (Å²) in [6.07, 6.45) is 3.17. The number of amides is 1. The first-order valence-corrected chi connectivity index (χ1v) is 4.80. The molecule has 0 aromatic carbocycles. The van der Waals surface area contributed by atoms with Gasteiger partial charge in [0.15, 0.2) is 5.82 Å². The molecule has 1 amide bonds. The molecule has 82 valence electrons. The number of hydrogen-bond donors (Lipinski definition) is 1. The standard InChI is InChI=1S/C9H8ClN5O/c1-5-4-12-9(10)13-8(5)15-3-2-6(14-15)7(11)16/h2-4H,1H3,(H2,11,16). The minimum Gasteiger partial charge on any atom is -0.364 e. The summed E-state index contributed by atoms with van der Waals surface area (Å²) < 4.78 is 1.43. The fraction of sp³-hybridized carbons (Fsp3) is 0.111. The quantitative estimate of drug-likeness (QED) is 0.780. The van der Waals surface area contributed by atoms with E-state index in [4.69, 9.17) is 17.3 Å². The van der Waals surface area contributed by atoms with Gasteiger partial charge in [0.25, 0.3) is 5.91 Å². The highest BCUT2D eigenvalue weighted by Crippen LogP contribution is 2.12. The summed E-state index contributed by atoms with van der Waals surface area (Å²) >= 11 is 5.68. The zero-order chi connectivity index (χ0) is 11.7. The third kappa shape index (κ3) is 1.87. The topological polar surface area (TPSA) is 86.7 Å². The SMILES string of the molecule is Cc1cnc(Cl)nc1-n1ccc(C(N)=O)n1. The number of primary amides is 1. The molecule has 0 bridgehead atoms. The molecule has 2 aromatic heterocycles. The van der Waals surface area contributed by atoms with Crippen molar-refractivity contribution in [1.82, 2.24) is 19.7 Å². The number of hydrogen-bond acceptors (Lipinski definition) is 4. The smallest absolute Gasteiger partial charge is 0.269 e. The molecule has 0 aliphatic heterocycles. The molecule has 0 unspecified atom stereocenters. The maximum atomic E-state index is 10.9. The van der Waals surface area contributed by atoms with Crippen molar-refractivity contribution in [2.75, 3.05) is 0 Å². The molecule has 0 atom stereocenters. The lowest BCUT2D eigenvalue weighted by Crippen LogP contribution is -2.12. The van der Waals surface area contributed by atoms with Crippen LogP contribution in [-0.4, -0.2) is 25.7 Å². The van der Waals surface area contributed by atoms with Crippen LogP contribution in [0.25, 0.3) is 5.82 Å². The highest BCUT2D eigenvalue weighted by Gasteiger charge is 2.09. The molecule has 0 aliphatic rings. The number of carbonyl (C=O) groups is 1. The highest BCUT2D eigenvalue weighted by molar-refractivity contribution is 6.28. The van der Waals surface area contributed by atoms with Crippen LogP contribution in [0.2, 0.25) is 5.28 Å². The van der Waals surface area contributed by atoms with Crippen LogP contribution >= 0.6 is 11.6 Å². The van der Waals surface area contributed by atoms with Crippen LogP contribution in [0.3, 0.4) is 0 Å². The van der Waals surface area contributed by atoms with E-state index >= 15 is 0 Å². The minimum atomic E-state index is -0.587. The molecule has 2 heterocycles. The zero-order valence-corrected chi connectivity index (χ0v) is 9.14. The predicted octanol–water partition coefficient (Wildman–Crippen LogP) is 0.723. The van der Waals surface area contributed by atoms with Crippen molar-refractivity contribution < 1.29 is 4.79 Å². The first-order chi connectivity index (χ1) is 7.58. The lowest BCUT2D eigenvalue weighted by Gasteiger charge is -2.03. The maximum absolute atomic E-state index is 10.9. The van der Waals surface area contributed by atoms with Crippen molar-refractivity contribution in [1.29, 1.82) is 0 Å². The molecule has 2 N–H and O–H groups in total. The molecule has 2 aromatic rings. The van der Waals surface area contributed by atoms with E-state index in [1.54, 1.807) is 12.4 Å². The van der Waals surface area contributed by atoms with E-state index in [2.05, 4.69) is 15.1 Å². The lowest BCUT2D eigenvalue weighted by molar-refractivity contribution is 0.0995. The second-order valence-electron chi connectivity index (χ2n) is 3.16. The monoisotopic (exact) mass is 237 g/mol.